The van der Waals surface area contributed by atoms with E-state index in [1.54, 1.807) is 6.07 Å². The SMILES string of the molecule is O=C(O)c1[nH]nc2c(Br)ccnc12. The summed E-state index contributed by atoms with van der Waals surface area (Å²) in [5.74, 6) is -1.06. The summed E-state index contributed by atoms with van der Waals surface area (Å²) in [7, 11) is 0. The van der Waals surface area contributed by atoms with Crippen LogP contribution in [0.1, 0.15) is 10.5 Å². The molecule has 0 aliphatic rings. The highest BCUT2D eigenvalue weighted by atomic mass is 79.9. The molecule has 6 heteroatoms. The van der Waals surface area contributed by atoms with Crippen molar-refractivity contribution < 1.29 is 9.90 Å². The lowest BCUT2D eigenvalue weighted by Gasteiger charge is -1.90. The summed E-state index contributed by atoms with van der Waals surface area (Å²) < 4.78 is 0.723. The average Bonchev–Trinajstić information content (AvgIpc) is 2.48. The van der Waals surface area contributed by atoms with E-state index in [2.05, 4.69) is 31.1 Å². The van der Waals surface area contributed by atoms with Crippen molar-refractivity contribution in [2.75, 3.05) is 0 Å². The topological polar surface area (TPSA) is 78.9 Å². The Morgan fingerprint density at radius 2 is 2.31 bits per heavy atom. The molecule has 66 valence electrons. The molecule has 0 saturated carbocycles. The highest BCUT2D eigenvalue weighted by Crippen LogP contribution is 2.21. The number of carboxylic acid groups (broad SMARTS) is 1. The molecule has 0 bridgehead atoms. The minimum atomic E-state index is -1.06. The summed E-state index contributed by atoms with van der Waals surface area (Å²) in [4.78, 5) is 14.6. The van der Waals surface area contributed by atoms with Crippen molar-refractivity contribution in [3.05, 3.63) is 22.4 Å². The highest BCUT2D eigenvalue weighted by molar-refractivity contribution is 9.10. The zero-order valence-corrected chi connectivity index (χ0v) is 7.87. The van der Waals surface area contributed by atoms with Crippen LogP contribution in [0.2, 0.25) is 0 Å². The lowest BCUT2D eigenvalue weighted by atomic mass is 10.3. The normalized spacial score (nSPS) is 10.5. The molecule has 0 radical (unpaired) electrons. The molecule has 0 aromatic carbocycles. The van der Waals surface area contributed by atoms with Crippen LogP contribution in [0.3, 0.4) is 0 Å². The van der Waals surface area contributed by atoms with Gasteiger partial charge in [0.15, 0.2) is 5.69 Å². The van der Waals surface area contributed by atoms with Gasteiger partial charge < -0.3 is 5.11 Å². The second-order valence-electron chi connectivity index (χ2n) is 2.39. The highest BCUT2D eigenvalue weighted by Gasteiger charge is 2.14. The maximum Gasteiger partial charge on any atom is 0.356 e. The Balaban J connectivity index is 2.83. The van der Waals surface area contributed by atoms with Crippen molar-refractivity contribution in [1.82, 2.24) is 15.2 Å². The van der Waals surface area contributed by atoms with Gasteiger partial charge in [-0.25, -0.2) is 4.79 Å². The van der Waals surface area contributed by atoms with Crippen molar-refractivity contribution in [1.29, 1.82) is 0 Å². The largest absolute Gasteiger partial charge is 0.476 e. The van der Waals surface area contributed by atoms with Gasteiger partial charge in [-0.3, -0.25) is 10.1 Å². The second kappa shape index (κ2) is 2.81. The summed E-state index contributed by atoms with van der Waals surface area (Å²) in [6.07, 6.45) is 1.52. The van der Waals surface area contributed by atoms with Crippen molar-refractivity contribution in [3.8, 4) is 0 Å². The number of hydrogen-bond donors (Lipinski definition) is 2. The molecular weight excluding hydrogens is 238 g/mol. The standard InChI is InChI=1S/C7H4BrN3O2/c8-3-1-2-9-5-4(3)10-11-6(5)7(12)13/h1-2H,(H,10,11)(H,12,13). The van der Waals surface area contributed by atoms with Crippen molar-refractivity contribution in [2.24, 2.45) is 0 Å². The number of carbonyl (C=O) groups is 1. The van der Waals surface area contributed by atoms with Crippen molar-refractivity contribution in [2.45, 2.75) is 0 Å². The number of nitrogens with zero attached hydrogens (tertiary/aromatic N) is 2. The van der Waals surface area contributed by atoms with E-state index in [1.165, 1.54) is 6.20 Å². The van der Waals surface area contributed by atoms with Crippen LogP contribution in [0.25, 0.3) is 11.0 Å². The third kappa shape index (κ3) is 1.19. The fraction of sp³-hybridized carbons (Fsp3) is 0. The Kier molecular flexibility index (Phi) is 1.77. The minimum absolute atomic E-state index is 0.0105. The Morgan fingerprint density at radius 1 is 1.54 bits per heavy atom. The molecule has 0 aliphatic heterocycles. The van der Waals surface area contributed by atoms with Crippen LogP contribution < -0.4 is 0 Å². The molecule has 0 amide bonds. The number of aromatic carboxylic acids is 1. The summed E-state index contributed by atoms with van der Waals surface area (Å²) >= 11 is 3.24. The van der Waals surface area contributed by atoms with Gasteiger partial charge in [-0.15, -0.1) is 0 Å². The van der Waals surface area contributed by atoms with Gasteiger partial charge in [-0.05, 0) is 22.0 Å². The van der Waals surface area contributed by atoms with E-state index in [0.717, 1.165) is 4.47 Å². The van der Waals surface area contributed by atoms with Gasteiger partial charge in [-0.1, -0.05) is 0 Å². The Morgan fingerprint density at radius 3 is 3.00 bits per heavy atom. The van der Waals surface area contributed by atoms with Gasteiger partial charge >= 0.3 is 5.97 Å². The molecule has 0 unspecified atom stereocenters. The smallest absolute Gasteiger partial charge is 0.356 e. The van der Waals surface area contributed by atoms with Gasteiger partial charge in [0.25, 0.3) is 0 Å². The molecule has 13 heavy (non-hydrogen) atoms. The van der Waals surface area contributed by atoms with Crippen molar-refractivity contribution >= 4 is 32.9 Å². The van der Waals surface area contributed by atoms with Crippen molar-refractivity contribution in [3.63, 3.8) is 0 Å². The van der Waals surface area contributed by atoms with Gasteiger partial charge in [-0.2, -0.15) is 5.10 Å². The second-order valence-corrected chi connectivity index (χ2v) is 3.25. The quantitative estimate of drug-likeness (QED) is 0.792. The van der Waals surface area contributed by atoms with E-state index in [4.69, 9.17) is 5.11 Å². The summed E-state index contributed by atoms with van der Waals surface area (Å²) in [6, 6.07) is 1.70. The molecule has 2 heterocycles. The number of pyridine rings is 1. The number of nitrogens with one attached hydrogen (secondary N) is 1. The predicted octanol–water partition coefficient (Wildman–Crippen LogP) is 1.42. The van der Waals surface area contributed by atoms with Crippen LogP contribution >= 0.6 is 15.9 Å². The predicted molar refractivity (Wildman–Crippen MR) is 48.5 cm³/mol. The molecule has 0 saturated heterocycles. The molecule has 0 atom stereocenters. The molecule has 2 rings (SSSR count). The fourth-order valence-corrected chi connectivity index (χ4v) is 1.43. The zero-order valence-electron chi connectivity index (χ0n) is 6.28. The van der Waals surface area contributed by atoms with Gasteiger partial charge in [0.1, 0.15) is 11.0 Å². The lowest BCUT2D eigenvalue weighted by Crippen LogP contribution is -1.97. The molecule has 0 aliphatic carbocycles. The third-order valence-electron chi connectivity index (χ3n) is 1.61. The molecule has 0 spiro atoms. The minimum Gasteiger partial charge on any atom is -0.476 e. The average molecular weight is 242 g/mol. The molecule has 2 N–H and O–H groups in total. The van der Waals surface area contributed by atoms with Gasteiger partial charge in [0, 0.05) is 10.7 Å². The first-order valence-electron chi connectivity index (χ1n) is 3.42. The van der Waals surface area contributed by atoms with E-state index in [1.807, 2.05) is 0 Å². The number of aromatic nitrogens is 3. The van der Waals surface area contributed by atoms with E-state index < -0.39 is 5.97 Å². The first-order valence-corrected chi connectivity index (χ1v) is 4.21. The van der Waals surface area contributed by atoms with E-state index >= 15 is 0 Å². The number of H-pyrrole nitrogens is 1. The number of fused-ring (bicyclic) bond motifs is 1. The number of hydrogen-bond acceptors (Lipinski definition) is 3. The maximum atomic E-state index is 10.7. The van der Waals surface area contributed by atoms with Crippen LogP contribution in [0.4, 0.5) is 0 Å². The first kappa shape index (κ1) is 8.18. The van der Waals surface area contributed by atoms with Gasteiger partial charge in [0.05, 0.1) is 0 Å². The summed E-state index contributed by atoms with van der Waals surface area (Å²) in [5.41, 5.74) is 0.901. The molecule has 2 aromatic rings. The van der Waals surface area contributed by atoms with Crippen LogP contribution in [-0.2, 0) is 0 Å². The van der Waals surface area contributed by atoms with E-state index in [0.29, 0.717) is 11.0 Å². The molecule has 2 aromatic heterocycles. The van der Waals surface area contributed by atoms with Crippen LogP contribution in [0, 0.1) is 0 Å². The van der Waals surface area contributed by atoms with E-state index in [9.17, 15) is 4.79 Å². The molecule has 0 fully saturated rings. The van der Waals surface area contributed by atoms with Crippen LogP contribution in [-0.4, -0.2) is 26.3 Å². The zero-order chi connectivity index (χ0) is 9.42. The van der Waals surface area contributed by atoms with Gasteiger partial charge in [0.2, 0.25) is 0 Å². The Hall–Kier alpha value is -1.43. The number of aromatic amines is 1. The fourth-order valence-electron chi connectivity index (χ4n) is 1.03. The lowest BCUT2D eigenvalue weighted by molar-refractivity contribution is 0.0692. The van der Waals surface area contributed by atoms with E-state index in [-0.39, 0.29) is 5.69 Å². The monoisotopic (exact) mass is 241 g/mol. The van der Waals surface area contributed by atoms with Crippen LogP contribution in [0.15, 0.2) is 16.7 Å². The number of rotatable bonds is 1. The Bertz CT molecular complexity index is 480. The maximum absolute atomic E-state index is 10.7. The summed E-state index contributed by atoms with van der Waals surface area (Å²) in [5, 5.41) is 15.0. The van der Waals surface area contributed by atoms with Crippen LogP contribution in [0.5, 0.6) is 0 Å². The summed E-state index contributed by atoms with van der Waals surface area (Å²) in [6.45, 7) is 0. The molecule has 5 nitrogen and oxygen atoms in total. The number of halogens is 1. The first-order chi connectivity index (χ1) is 6.20. The third-order valence-corrected chi connectivity index (χ3v) is 2.25. The Labute approximate surface area is 80.9 Å². The number of carboxylic acids is 1. The molecular formula is C7H4BrN3O2.